The van der Waals surface area contributed by atoms with Gasteiger partial charge in [-0.2, -0.15) is 4.57 Å². The summed E-state index contributed by atoms with van der Waals surface area (Å²) in [5.74, 6) is -0.143. The maximum absolute atomic E-state index is 13.0. The molecule has 0 saturated carbocycles. The number of ketones is 1. The molecule has 1 heterocycles. The summed E-state index contributed by atoms with van der Waals surface area (Å²) in [5.41, 5.74) is 1.69. The molecular formula is C19H21ClN2OS. The molecule has 0 N–H and O–H groups in total. The molecule has 0 unspecified atom stereocenters. The summed E-state index contributed by atoms with van der Waals surface area (Å²) < 4.78 is 1.81. The summed E-state index contributed by atoms with van der Waals surface area (Å²) in [4.78, 5) is 17.3. The SMILES string of the molecule is CCCc1cc[n+]([C@H](C(=O)c2ccccc2Cl)C([S-])=NCC)cc1. The topological polar surface area (TPSA) is 33.3 Å². The van der Waals surface area contributed by atoms with Crippen LogP contribution in [0.3, 0.4) is 0 Å². The third-order valence-electron chi connectivity index (χ3n) is 3.69. The Hall–Kier alpha value is -1.78. The van der Waals surface area contributed by atoms with Gasteiger partial charge >= 0.3 is 0 Å². The highest BCUT2D eigenvalue weighted by atomic mass is 35.5. The van der Waals surface area contributed by atoms with E-state index in [4.69, 9.17) is 24.2 Å². The molecule has 1 aromatic carbocycles. The number of halogens is 1. The van der Waals surface area contributed by atoms with Crippen LogP contribution in [0.15, 0.2) is 53.8 Å². The van der Waals surface area contributed by atoms with Gasteiger partial charge in [0, 0.05) is 24.2 Å². The van der Waals surface area contributed by atoms with Gasteiger partial charge in [-0.15, -0.1) is 0 Å². The lowest BCUT2D eigenvalue weighted by molar-refractivity contribution is -0.692. The fraction of sp³-hybridized carbons (Fsp3) is 0.316. The Bertz CT molecular complexity index is 728. The summed E-state index contributed by atoms with van der Waals surface area (Å²) in [6.07, 6.45) is 5.87. The molecule has 0 amide bonds. The van der Waals surface area contributed by atoms with Crippen molar-refractivity contribution in [3.05, 3.63) is 64.9 Å². The van der Waals surface area contributed by atoms with Crippen molar-refractivity contribution in [3.63, 3.8) is 0 Å². The second-order valence-corrected chi connectivity index (χ2v) is 6.29. The minimum atomic E-state index is -0.657. The van der Waals surface area contributed by atoms with Crippen LogP contribution in [0.5, 0.6) is 0 Å². The highest BCUT2D eigenvalue weighted by Gasteiger charge is 2.29. The van der Waals surface area contributed by atoms with Crippen LogP contribution >= 0.6 is 11.6 Å². The largest absolute Gasteiger partial charge is 0.758 e. The third-order valence-corrected chi connectivity index (χ3v) is 4.38. The Morgan fingerprint density at radius 2 is 1.88 bits per heavy atom. The molecule has 0 bridgehead atoms. The van der Waals surface area contributed by atoms with E-state index in [-0.39, 0.29) is 5.78 Å². The zero-order chi connectivity index (χ0) is 17.5. The lowest BCUT2D eigenvalue weighted by Gasteiger charge is -2.19. The standard InChI is InChI=1S/C19H21ClN2OS/c1-3-7-14-10-12-22(13-11-14)17(19(24)21-4-2)18(23)15-8-5-6-9-16(15)20/h5-6,8-13,17H,3-4,7H2,1-2H3/t17-/m1/s1. The van der Waals surface area contributed by atoms with E-state index in [9.17, 15) is 4.79 Å². The number of rotatable bonds is 7. The van der Waals surface area contributed by atoms with Crippen molar-refractivity contribution in [1.29, 1.82) is 0 Å². The fourth-order valence-electron chi connectivity index (χ4n) is 2.52. The number of Topliss-reactive ketones (excluding diaryl/α,β-unsaturated/α-hetero) is 1. The highest BCUT2D eigenvalue weighted by Crippen LogP contribution is 2.20. The van der Waals surface area contributed by atoms with Crippen LogP contribution in [0, 0.1) is 0 Å². The van der Waals surface area contributed by atoms with Crippen molar-refractivity contribution in [2.45, 2.75) is 32.7 Å². The van der Waals surface area contributed by atoms with Crippen molar-refractivity contribution in [2.75, 3.05) is 6.54 Å². The molecule has 1 atom stereocenters. The minimum Gasteiger partial charge on any atom is -0.758 e. The normalized spacial score (nSPS) is 12.9. The van der Waals surface area contributed by atoms with Gasteiger partial charge in [0.15, 0.2) is 12.4 Å². The van der Waals surface area contributed by atoms with Gasteiger partial charge in [0.05, 0.1) is 5.02 Å². The Labute approximate surface area is 153 Å². The van der Waals surface area contributed by atoms with E-state index in [1.54, 1.807) is 24.3 Å². The number of hydrogen-bond acceptors (Lipinski definition) is 3. The molecule has 0 aliphatic heterocycles. The van der Waals surface area contributed by atoms with Crippen molar-refractivity contribution < 1.29 is 9.36 Å². The molecule has 0 saturated heterocycles. The molecular weight excluding hydrogens is 340 g/mol. The first-order chi connectivity index (χ1) is 11.6. The number of aryl methyl sites for hydroxylation is 1. The fourth-order valence-corrected chi connectivity index (χ4v) is 3.11. The van der Waals surface area contributed by atoms with E-state index < -0.39 is 6.04 Å². The van der Waals surface area contributed by atoms with Crippen LogP contribution in [-0.2, 0) is 19.0 Å². The van der Waals surface area contributed by atoms with Crippen molar-refractivity contribution in [3.8, 4) is 0 Å². The number of hydrogen-bond donors (Lipinski definition) is 0. The first-order valence-corrected chi connectivity index (χ1v) is 8.86. The Balaban J connectivity index is 2.43. The number of aliphatic imine (C=N–C) groups is 1. The molecule has 2 rings (SSSR count). The molecule has 2 aromatic rings. The molecule has 1 aromatic heterocycles. The van der Waals surface area contributed by atoms with E-state index in [1.165, 1.54) is 5.56 Å². The summed E-state index contributed by atoms with van der Waals surface area (Å²) in [5, 5.41) is 0.797. The molecule has 24 heavy (non-hydrogen) atoms. The maximum atomic E-state index is 13.0. The molecule has 0 aliphatic carbocycles. The number of pyridine rings is 1. The second-order valence-electron chi connectivity index (χ2n) is 5.46. The predicted octanol–water partition coefficient (Wildman–Crippen LogP) is 3.97. The zero-order valence-corrected chi connectivity index (χ0v) is 15.5. The van der Waals surface area contributed by atoms with E-state index >= 15 is 0 Å². The minimum absolute atomic E-state index is 0.143. The Morgan fingerprint density at radius 1 is 1.21 bits per heavy atom. The number of carbonyl (C=O) groups excluding carboxylic acids is 1. The summed E-state index contributed by atoms with van der Waals surface area (Å²) in [6, 6.07) is 10.4. The first-order valence-electron chi connectivity index (χ1n) is 8.08. The Morgan fingerprint density at radius 3 is 2.46 bits per heavy atom. The predicted molar refractivity (Wildman–Crippen MR) is 101 cm³/mol. The van der Waals surface area contributed by atoms with E-state index in [2.05, 4.69) is 11.9 Å². The van der Waals surface area contributed by atoms with Gasteiger partial charge in [-0.3, -0.25) is 4.79 Å². The molecule has 5 heteroatoms. The first kappa shape index (κ1) is 18.6. The second kappa shape index (κ2) is 8.90. The summed E-state index contributed by atoms with van der Waals surface area (Å²) >= 11 is 11.6. The van der Waals surface area contributed by atoms with Crippen LogP contribution in [0.2, 0.25) is 5.02 Å². The quantitative estimate of drug-likeness (QED) is 0.246. The van der Waals surface area contributed by atoms with E-state index in [0.717, 1.165) is 12.8 Å². The monoisotopic (exact) mass is 360 g/mol. The van der Waals surface area contributed by atoms with Crippen molar-refractivity contribution >= 4 is 35.1 Å². The smallest absolute Gasteiger partial charge is 0.237 e. The van der Waals surface area contributed by atoms with Gasteiger partial charge in [-0.1, -0.05) is 37.1 Å². The summed E-state index contributed by atoms with van der Waals surface area (Å²) in [7, 11) is 0. The number of aromatic nitrogens is 1. The lowest BCUT2D eigenvalue weighted by atomic mass is 10.0. The Kier molecular flexibility index (Phi) is 6.88. The highest BCUT2D eigenvalue weighted by molar-refractivity contribution is 7.77. The average Bonchev–Trinajstić information content (AvgIpc) is 2.57. The van der Waals surface area contributed by atoms with Gasteiger partial charge in [0.25, 0.3) is 0 Å². The van der Waals surface area contributed by atoms with Crippen LogP contribution in [0.25, 0.3) is 0 Å². The van der Waals surface area contributed by atoms with Gasteiger partial charge < -0.3 is 17.6 Å². The van der Waals surface area contributed by atoms with Crippen LogP contribution in [0.4, 0.5) is 0 Å². The van der Waals surface area contributed by atoms with Crippen LogP contribution in [0.1, 0.15) is 42.2 Å². The lowest BCUT2D eigenvalue weighted by Crippen LogP contribution is -2.47. The summed E-state index contributed by atoms with van der Waals surface area (Å²) in [6.45, 7) is 4.58. The van der Waals surface area contributed by atoms with Crippen LogP contribution in [-0.4, -0.2) is 17.4 Å². The third kappa shape index (κ3) is 4.40. The molecule has 0 fully saturated rings. The maximum Gasteiger partial charge on any atom is 0.237 e. The molecule has 0 spiro atoms. The average molecular weight is 361 g/mol. The van der Waals surface area contributed by atoms with E-state index in [0.29, 0.717) is 22.2 Å². The van der Waals surface area contributed by atoms with Crippen molar-refractivity contribution in [2.24, 2.45) is 4.99 Å². The number of nitrogens with zero attached hydrogens (tertiary/aromatic N) is 2. The van der Waals surface area contributed by atoms with E-state index in [1.807, 2.05) is 36.0 Å². The van der Waals surface area contributed by atoms with Crippen molar-refractivity contribution in [1.82, 2.24) is 0 Å². The van der Waals surface area contributed by atoms with Gasteiger partial charge in [-0.25, -0.2) is 0 Å². The molecule has 126 valence electrons. The number of benzene rings is 1. The van der Waals surface area contributed by atoms with Gasteiger partial charge in [-0.05, 0) is 36.1 Å². The molecule has 0 aliphatic rings. The van der Waals surface area contributed by atoms with Crippen LogP contribution < -0.4 is 4.57 Å². The molecule has 0 radical (unpaired) electrons. The molecule has 3 nitrogen and oxygen atoms in total. The van der Waals surface area contributed by atoms with Gasteiger partial charge in [0.2, 0.25) is 11.8 Å². The van der Waals surface area contributed by atoms with Gasteiger partial charge in [0.1, 0.15) is 0 Å². The zero-order valence-electron chi connectivity index (χ0n) is 13.9. The number of carbonyl (C=O) groups is 1.